The first-order valence-electron chi connectivity index (χ1n) is 7.01. The number of aryl methyl sites for hydroxylation is 1. The fourth-order valence-electron chi connectivity index (χ4n) is 1.91. The quantitative estimate of drug-likeness (QED) is 0.854. The van der Waals surface area contributed by atoms with Gasteiger partial charge in [0.05, 0.1) is 18.8 Å². The molecule has 0 radical (unpaired) electrons. The van der Waals surface area contributed by atoms with Crippen LogP contribution in [0.4, 0.5) is 11.4 Å². The van der Waals surface area contributed by atoms with E-state index in [4.69, 9.17) is 4.74 Å². The number of para-hydroxylation sites is 2. The molecule has 0 aromatic heterocycles. The predicted octanol–water partition coefficient (Wildman–Crippen LogP) is 3.44. The molecule has 4 heteroatoms. The first-order valence-corrected chi connectivity index (χ1v) is 7.01. The van der Waals surface area contributed by atoms with E-state index in [1.54, 1.807) is 0 Å². The number of carbonyl (C=O) groups excluding carboxylic acids is 1. The Hall–Kier alpha value is -2.49. The van der Waals surface area contributed by atoms with Crippen molar-refractivity contribution in [2.75, 3.05) is 23.8 Å². The normalized spacial score (nSPS) is 10.0. The maximum absolute atomic E-state index is 11.9. The maximum atomic E-state index is 11.9. The molecule has 2 N–H and O–H groups in total. The Kier molecular flexibility index (Phi) is 5.21. The number of carbonyl (C=O) groups is 1. The van der Waals surface area contributed by atoms with Crippen LogP contribution in [0.2, 0.25) is 0 Å². The van der Waals surface area contributed by atoms with Crippen molar-refractivity contribution in [2.24, 2.45) is 0 Å². The summed E-state index contributed by atoms with van der Waals surface area (Å²) in [6, 6.07) is 15.3. The van der Waals surface area contributed by atoms with Gasteiger partial charge in [0, 0.05) is 5.69 Å². The van der Waals surface area contributed by atoms with Crippen LogP contribution in [-0.2, 0) is 4.79 Å². The third kappa shape index (κ3) is 4.53. The second-order valence-electron chi connectivity index (χ2n) is 4.70. The highest BCUT2D eigenvalue weighted by atomic mass is 16.5. The fourth-order valence-corrected chi connectivity index (χ4v) is 1.91. The van der Waals surface area contributed by atoms with Crippen LogP contribution in [0.25, 0.3) is 0 Å². The smallest absolute Gasteiger partial charge is 0.243 e. The van der Waals surface area contributed by atoms with Crippen LogP contribution < -0.4 is 15.4 Å². The topological polar surface area (TPSA) is 50.4 Å². The summed E-state index contributed by atoms with van der Waals surface area (Å²) < 4.78 is 5.51. The van der Waals surface area contributed by atoms with Gasteiger partial charge in [0.2, 0.25) is 5.91 Å². The van der Waals surface area contributed by atoms with E-state index in [9.17, 15) is 4.79 Å². The van der Waals surface area contributed by atoms with Gasteiger partial charge in [-0.1, -0.05) is 29.8 Å². The summed E-state index contributed by atoms with van der Waals surface area (Å²) >= 11 is 0. The predicted molar refractivity (Wildman–Crippen MR) is 85.9 cm³/mol. The lowest BCUT2D eigenvalue weighted by Crippen LogP contribution is -2.22. The molecule has 0 aliphatic heterocycles. The molecular formula is C17H20N2O2. The van der Waals surface area contributed by atoms with Crippen molar-refractivity contribution in [1.82, 2.24) is 0 Å². The molecular weight excluding hydrogens is 264 g/mol. The van der Waals surface area contributed by atoms with Crippen molar-refractivity contribution in [3.8, 4) is 5.75 Å². The lowest BCUT2D eigenvalue weighted by molar-refractivity contribution is -0.114. The number of ether oxygens (including phenoxy) is 1. The molecule has 21 heavy (non-hydrogen) atoms. The summed E-state index contributed by atoms with van der Waals surface area (Å²) in [5.74, 6) is 0.660. The number of hydrogen-bond donors (Lipinski definition) is 2. The molecule has 1 amide bonds. The molecule has 2 aromatic rings. The minimum absolute atomic E-state index is 0.0924. The summed E-state index contributed by atoms with van der Waals surface area (Å²) in [7, 11) is 0. The molecule has 0 spiro atoms. The Morgan fingerprint density at radius 2 is 1.81 bits per heavy atom. The van der Waals surface area contributed by atoms with Gasteiger partial charge in [-0.2, -0.15) is 0 Å². The first kappa shape index (κ1) is 14.9. The fraction of sp³-hybridized carbons (Fsp3) is 0.235. The summed E-state index contributed by atoms with van der Waals surface area (Å²) in [6.07, 6.45) is 0. The highest BCUT2D eigenvalue weighted by Gasteiger charge is 2.05. The Morgan fingerprint density at radius 3 is 2.52 bits per heavy atom. The van der Waals surface area contributed by atoms with Crippen molar-refractivity contribution < 1.29 is 9.53 Å². The first-order chi connectivity index (χ1) is 10.2. The number of benzene rings is 2. The van der Waals surface area contributed by atoms with Crippen LogP contribution >= 0.6 is 0 Å². The van der Waals surface area contributed by atoms with Crippen molar-refractivity contribution in [2.45, 2.75) is 13.8 Å². The molecule has 0 aliphatic carbocycles. The number of hydrogen-bond acceptors (Lipinski definition) is 3. The molecule has 0 saturated heterocycles. The zero-order valence-electron chi connectivity index (χ0n) is 12.3. The zero-order chi connectivity index (χ0) is 15.1. The van der Waals surface area contributed by atoms with E-state index in [0.717, 1.165) is 22.7 Å². The van der Waals surface area contributed by atoms with E-state index in [1.807, 2.05) is 62.4 Å². The summed E-state index contributed by atoms with van der Waals surface area (Å²) in [4.78, 5) is 11.9. The monoisotopic (exact) mass is 284 g/mol. The third-order valence-corrected chi connectivity index (χ3v) is 2.96. The standard InChI is InChI=1S/C17H20N2O2/c1-3-21-16-7-5-4-6-15(16)18-12-17(20)19-14-10-8-13(2)9-11-14/h4-11,18H,3,12H2,1-2H3,(H,19,20). The van der Waals surface area contributed by atoms with E-state index < -0.39 is 0 Å². The minimum atomic E-state index is -0.0924. The van der Waals surface area contributed by atoms with Gasteiger partial charge in [-0.05, 0) is 38.1 Å². The minimum Gasteiger partial charge on any atom is -0.492 e. The molecule has 0 aliphatic rings. The molecule has 110 valence electrons. The van der Waals surface area contributed by atoms with Crippen molar-refractivity contribution in [3.05, 3.63) is 54.1 Å². The maximum Gasteiger partial charge on any atom is 0.243 e. The van der Waals surface area contributed by atoms with Gasteiger partial charge in [-0.25, -0.2) is 0 Å². The number of anilines is 2. The van der Waals surface area contributed by atoms with Gasteiger partial charge >= 0.3 is 0 Å². The van der Waals surface area contributed by atoms with Gasteiger partial charge < -0.3 is 15.4 Å². The highest BCUT2D eigenvalue weighted by molar-refractivity contribution is 5.93. The van der Waals surface area contributed by atoms with Crippen LogP contribution in [0.1, 0.15) is 12.5 Å². The Labute approximate surface area is 125 Å². The van der Waals surface area contributed by atoms with E-state index in [-0.39, 0.29) is 12.5 Å². The third-order valence-electron chi connectivity index (χ3n) is 2.96. The van der Waals surface area contributed by atoms with Gasteiger partial charge in [-0.15, -0.1) is 0 Å². The molecule has 2 aromatic carbocycles. The van der Waals surface area contributed by atoms with Gasteiger partial charge in [0.15, 0.2) is 0 Å². The Morgan fingerprint density at radius 1 is 1.10 bits per heavy atom. The molecule has 0 unspecified atom stereocenters. The molecule has 0 saturated carbocycles. The lowest BCUT2D eigenvalue weighted by atomic mass is 10.2. The second-order valence-corrected chi connectivity index (χ2v) is 4.70. The van der Waals surface area contributed by atoms with Crippen LogP contribution in [0.3, 0.4) is 0 Å². The number of nitrogens with one attached hydrogen (secondary N) is 2. The highest BCUT2D eigenvalue weighted by Crippen LogP contribution is 2.23. The molecule has 0 fully saturated rings. The summed E-state index contributed by atoms with van der Waals surface area (Å²) in [5.41, 5.74) is 2.78. The van der Waals surface area contributed by atoms with Gasteiger partial charge in [-0.3, -0.25) is 4.79 Å². The molecule has 0 bridgehead atoms. The lowest BCUT2D eigenvalue weighted by Gasteiger charge is -2.12. The number of rotatable bonds is 6. The average molecular weight is 284 g/mol. The van der Waals surface area contributed by atoms with Crippen molar-refractivity contribution >= 4 is 17.3 Å². The molecule has 4 nitrogen and oxygen atoms in total. The van der Waals surface area contributed by atoms with Crippen LogP contribution in [-0.4, -0.2) is 19.1 Å². The average Bonchev–Trinajstić information content (AvgIpc) is 2.49. The van der Waals surface area contributed by atoms with E-state index in [0.29, 0.717) is 6.61 Å². The SMILES string of the molecule is CCOc1ccccc1NCC(=O)Nc1ccc(C)cc1. The van der Waals surface area contributed by atoms with Gasteiger partial charge in [0.1, 0.15) is 5.75 Å². The summed E-state index contributed by atoms with van der Waals surface area (Å²) in [6.45, 7) is 4.73. The Bertz CT molecular complexity index is 594. The van der Waals surface area contributed by atoms with Gasteiger partial charge in [0.25, 0.3) is 0 Å². The Balaban J connectivity index is 1.90. The van der Waals surface area contributed by atoms with E-state index in [1.165, 1.54) is 0 Å². The van der Waals surface area contributed by atoms with Crippen LogP contribution in [0, 0.1) is 6.92 Å². The summed E-state index contributed by atoms with van der Waals surface area (Å²) in [5, 5.41) is 5.94. The van der Waals surface area contributed by atoms with E-state index >= 15 is 0 Å². The molecule has 0 heterocycles. The van der Waals surface area contributed by atoms with E-state index in [2.05, 4.69) is 10.6 Å². The molecule has 2 rings (SSSR count). The van der Waals surface area contributed by atoms with Crippen LogP contribution in [0.15, 0.2) is 48.5 Å². The largest absolute Gasteiger partial charge is 0.492 e. The van der Waals surface area contributed by atoms with Crippen molar-refractivity contribution in [3.63, 3.8) is 0 Å². The van der Waals surface area contributed by atoms with Crippen LogP contribution in [0.5, 0.6) is 5.75 Å². The van der Waals surface area contributed by atoms with Crippen molar-refractivity contribution in [1.29, 1.82) is 0 Å². The second kappa shape index (κ2) is 7.33. The number of amides is 1. The zero-order valence-corrected chi connectivity index (χ0v) is 12.3. The molecule has 0 atom stereocenters.